The summed E-state index contributed by atoms with van der Waals surface area (Å²) in [5.41, 5.74) is 2.30. The molecule has 29 heavy (non-hydrogen) atoms. The minimum absolute atomic E-state index is 0.0321. The molecule has 0 unspecified atom stereocenters. The van der Waals surface area contributed by atoms with Gasteiger partial charge in [0, 0.05) is 5.69 Å². The molecule has 0 spiro atoms. The van der Waals surface area contributed by atoms with Crippen LogP contribution in [0.2, 0.25) is 0 Å². The Morgan fingerprint density at radius 2 is 1.79 bits per heavy atom. The molecular weight excluding hydrogens is 392 g/mol. The molecule has 1 aliphatic rings. The molecule has 1 N–H and O–H groups in total. The number of carbonyl (C=O) groups is 3. The van der Waals surface area contributed by atoms with Crippen molar-refractivity contribution in [1.82, 2.24) is 0 Å². The van der Waals surface area contributed by atoms with Gasteiger partial charge in [0.15, 0.2) is 0 Å². The highest BCUT2D eigenvalue weighted by molar-refractivity contribution is 6.53. The molecule has 150 valence electrons. The van der Waals surface area contributed by atoms with Crippen LogP contribution in [0.25, 0.3) is 0 Å². The molecule has 0 radical (unpaired) electrons. The lowest BCUT2D eigenvalue weighted by molar-refractivity contribution is -0.120. The van der Waals surface area contributed by atoms with Crippen LogP contribution in [0, 0.1) is 0 Å². The van der Waals surface area contributed by atoms with Crippen molar-refractivity contribution in [3.8, 4) is 0 Å². The number of imide groups is 1. The topological polar surface area (TPSA) is 75.7 Å². The number of hydrogen-bond acceptors (Lipinski definition) is 5. The van der Waals surface area contributed by atoms with Gasteiger partial charge in [0.25, 0.3) is 11.8 Å². The lowest BCUT2D eigenvalue weighted by atomic mass is 10.1. The summed E-state index contributed by atoms with van der Waals surface area (Å²) in [7, 11) is 0. The Labute approximate surface area is 174 Å². The number of nitrogens with one attached hydrogen (secondary N) is 1. The number of carbonyl (C=O) groups excluding carboxylic acids is 3. The Morgan fingerprint density at radius 3 is 2.45 bits per heavy atom. The maximum atomic E-state index is 12.9. The first-order valence-corrected chi connectivity index (χ1v) is 9.75. The minimum atomic E-state index is -0.595. The van der Waals surface area contributed by atoms with Gasteiger partial charge in [-0.25, -0.2) is 9.69 Å². The zero-order chi connectivity index (χ0) is 21.0. The van der Waals surface area contributed by atoms with E-state index in [1.807, 2.05) is 26.0 Å². The van der Waals surface area contributed by atoms with Gasteiger partial charge < -0.3 is 10.1 Å². The van der Waals surface area contributed by atoms with E-state index in [9.17, 15) is 14.4 Å². The lowest BCUT2D eigenvalue weighted by Gasteiger charge is -2.15. The molecule has 1 heterocycles. The lowest BCUT2D eigenvalue weighted by Crippen LogP contribution is -2.32. The second-order valence-corrected chi connectivity index (χ2v) is 6.87. The highest BCUT2D eigenvalue weighted by Crippen LogP contribution is 2.30. The number of nitrogens with zero attached hydrogens (tertiary/aromatic N) is 1. The molecular formula is C22H21ClN2O4. The van der Waals surface area contributed by atoms with Crippen molar-refractivity contribution in [2.45, 2.75) is 26.7 Å². The van der Waals surface area contributed by atoms with Gasteiger partial charge >= 0.3 is 5.97 Å². The number of hydrogen-bond donors (Lipinski definition) is 1. The van der Waals surface area contributed by atoms with Crippen molar-refractivity contribution >= 4 is 40.8 Å². The Balaban J connectivity index is 1.81. The van der Waals surface area contributed by atoms with E-state index in [0.29, 0.717) is 23.5 Å². The number of amides is 2. The fourth-order valence-electron chi connectivity index (χ4n) is 2.87. The highest BCUT2D eigenvalue weighted by atomic mass is 35.5. The van der Waals surface area contributed by atoms with Crippen LogP contribution in [0.1, 0.15) is 36.2 Å². The third kappa shape index (κ3) is 4.32. The van der Waals surface area contributed by atoms with Crippen molar-refractivity contribution in [3.05, 3.63) is 70.4 Å². The minimum Gasteiger partial charge on any atom is -0.462 e. The summed E-state index contributed by atoms with van der Waals surface area (Å²) in [5.74, 6) is -1.60. The summed E-state index contributed by atoms with van der Waals surface area (Å²) in [6.45, 7) is 4.25. The summed E-state index contributed by atoms with van der Waals surface area (Å²) < 4.78 is 5.12. The van der Waals surface area contributed by atoms with Gasteiger partial charge in [0.2, 0.25) is 0 Å². The average Bonchev–Trinajstić information content (AvgIpc) is 2.95. The fourth-order valence-corrected chi connectivity index (χ4v) is 3.09. The normalized spacial score (nSPS) is 13.8. The predicted octanol–water partition coefficient (Wildman–Crippen LogP) is 4.25. The zero-order valence-corrected chi connectivity index (χ0v) is 17.0. The van der Waals surface area contributed by atoms with E-state index in [1.54, 1.807) is 36.4 Å². The van der Waals surface area contributed by atoms with Crippen molar-refractivity contribution < 1.29 is 19.1 Å². The van der Waals surface area contributed by atoms with Crippen molar-refractivity contribution in [2.24, 2.45) is 0 Å². The molecule has 0 fully saturated rings. The summed E-state index contributed by atoms with van der Waals surface area (Å²) in [6, 6.07) is 13.6. The van der Waals surface area contributed by atoms with Gasteiger partial charge in [0.1, 0.15) is 10.7 Å². The maximum Gasteiger partial charge on any atom is 0.338 e. The van der Waals surface area contributed by atoms with Crippen molar-refractivity contribution in [3.63, 3.8) is 0 Å². The second kappa shape index (κ2) is 8.92. The molecule has 6 nitrogen and oxygen atoms in total. The maximum absolute atomic E-state index is 12.9. The zero-order valence-electron chi connectivity index (χ0n) is 16.2. The van der Waals surface area contributed by atoms with Crippen LogP contribution in [0.4, 0.5) is 11.4 Å². The van der Waals surface area contributed by atoms with Gasteiger partial charge in [-0.05, 0) is 48.7 Å². The summed E-state index contributed by atoms with van der Waals surface area (Å²) >= 11 is 6.16. The summed E-state index contributed by atoms with van der Waals surface area (Å²) in [4.78, 5) is 38.5. The van der Waals surface area contributed by atoms with Crippen LogP contribution in [0.5, 0.6) is 0 Å². The molecule has 0 atom stereocenters. The van der Waals surface area contributed by atoms with Gasteiger partial charge in [-0.2, -0.15) is 0 Å². The highest BCUT2D eigenvalue weighted by Gasteiger charge is 2.38. The molecule has 0 saturated heterocycles. The van der Waals surface area contributed by atoms with Gasteiger partial charge in [-0.3, -0.25) is 9.59 Å². The quantitative estimate of drug-likeness (QED) is 0.543. The third-order valence-electron chi connectivity index (χ3n) is 4.43. The summed E-state index contributed by atoms with van der Waals surface area (Å²) in [6.07, 6.45) is 1.57. The van der Waals surface area contributed by atoms with Crippen LogP contribution in [0.3, 0.4) is 0 Å². The Morgan fingerprint density at radius 1 is 1.07 bits per heavy atom. The molecule has 0 aromatic heterocycles. The van der Waals surface area contributed by atoms with Gasteiger partial charge in [-0.15, -0.1) is 0 Å². The fraction of sp³-hybridized carbons (Fsp3) is 0.227. The largest absolute Gasteiger partial charge is 0.462 e. The number of esters is 1. The van der Waals surface area contributed by atoms with E-state index in [-0.39, 0.29) is 10.7 Å². The van der Waals surface area contributed by atoms with Crippen molar-refractivity contribution in [1.29, 1.82) is 0 Å². The number of anilines is 2. The molecule has 0 saturated carbocycles. The molecule has 0 bridgehead atoms. The first kappa shape index (κ1) is 20.6. The number of aryl methyl sites for hydroxylation is 1. The van der Waals surface area contributed by atoms with E-state index < -0.39 is 17.8 Å². The number of benzene rings is 2. The van der Waals surface area contributed by atoms with Crippen molar-refractivity contribution in [2.75, 3.05) is 16.8 Å². The van der Waals surface area contributed by atoms with E-state index in [2.05, 4.69) is 5.32 Å². The van der Waals surface area contributed by atoms with Gasteiger partial charge in [-0.1, -0.05) is 43.6 Å². The van der Waals surface area contributed by atoms with E-state index in [4.69, 9.17) is 16.3 Å². The predicted molar refractivity (Wildman–Crippen MR) is 112 cm³/mol. The Kier molecular flexibility index (Phi) is 6.34. The summed E-state index contributed by atoms with van der Waals surface area (Å²) in [5, 5.41) is 2.67. The van der Waals surface area contributed by atoms with Crippen LogP contribution in [-0.2, 0) is 20.7 Å². The molecule has 3 rings (SSSR count). The third-order valence-corrected chi connectivity index (χ3v) is 4.79. The second-order valence-electron chi connectivity index (χ2n) is 6.50. The molecule has 0 aliphatic carbocycles. The first-order chi connectivity index (χ1) is 14.0. The molecule has 1 aliphatic heterocycles. The SMILES string of the molecule is CCCOC(=O)c1cccc(NC2=C(Cl)C(=O)N(c3ccc(CC)cc3)C2=O)c1. The molecule has 2 aromatic carbocycles. The number of ether oxygens (including phenoxy) is 1. The van der Waals surface area contributed by atoms with E-state index in [1.165, 1.54) is 0 Å². The first-order valence-electron chi connectivity index (χ1n) is 9.38. The van der Waals surface area contributed by atoms with E-state index in [0.717, 1.165) is 23.3 Å². The Hall–Kier alpha value is -3.12. The van der Waals surface area contributed by atoms with Crippen LogP contribution in [-0.4, -0.2) is 24.4 Å². The van der Waals surface area contributed by atoms with Crippen LogP contribution >= 0.6 is 11.6 Å². The molecule has 2 amide bonds. The number of halogens is 1. The standard InChI is InChI=1S/C22H21ClN2O4/c1-3-12-29-22(28)15-6-5-7-16(13-15)24-19-18(23)20(26)25(21(19)27)17-10-8-14(4-2)9-11-17/h5-11,13,24H,3-4,12H2,1-2H3. The number of rotatable bonds is 7. The molecule has 7 heteroatoms. The van der Waals surface area contributed by atoms with Crippen LogP contribution < -0.4 is 10.2 Å². The molecule has 2 aromatic rings. The smallest absolute Gasteiger partial charge is 0.338 e. The Bertz CT molecular complexity index is 983. The average molecular weight is 413 g/mol. The van der Waals surface area contributed by atoms with E-state index >= 15 is 0 Å². The van der Waals surface area contributed by atoms with Crippen LogP contribution in [0.15, 0.2) is 59.3 Å². The van der Waals surface area contributed by atoms with Gasteiger partial charge in [0.05, 0.1) is 17.9 Å². The monoisotopic (exact) mass is 412 g/mol.